The second-order valence-electron chi connectivity index (χ2n) is 6.64. The molecule has 21 heavy (non-hydrogen) atoms. The molecule has 2 N–H and O–H groups in total. The summed E-state index contributed by atoms with van der Waals surface area (Å²) in [5.74, 6) is -0.0461. The lowest BCUT2D eigenvalue weighted by Crippen LogP contribution is -2.15. The standard InChI is InChI=1S/C19H24FN/c1-19(2,3)17-9-7-14(8-10-17)11-16(13-21)15-5-4-6-18(20)12-15/h4-10,12,16H,11,13,21H2,1-3H3. The average molecular weight is 285 g/mol. The average Bonchev–Trinajstić information content (AvgIpc) is 2.44. The summed E-state index contributed by atoms with van der Waals surface area (Å²) in [4.78, 5) is 0. The first kappa shape index (κ1) is 15.7. The minimum atomic E-state index is -0.200. The Morgan fingerprint density at radius 1 is 1.05 bits per heavy atom. The highest BCUT2D eigenvalue weighted by molar-refractivity contribution is 5.30. The van der Waals surface area contributed by atoms with Crippen LogP contribution >= 0.6 is 0 Å². The minimum absolute atomic E-state index is 0.154. The fraction of sp³-hybridized carbons (Fsp3) is 0.368. The van der Waals surface area contributed by atoms with Crippen molar-refractivity contribution in [2.75, 3.05) is 6.54 Å². The van der Waals surface area contributed by atoms with E-state index in [0.29, 0.717) is 6.54 Å². The van der Waals surface area contributed by atoms with Crippen LogP contribution in [0.4, 0.5) is 4.39 Å². The molecule has 0 amide bonds. The first-order valence-corrected chi connectivity index (χ1v) is 7.45. The first-order chi connectivity index (χ1) is 9.90. The van der Waals surface area contributed by atoms with Gasteiger partial charge in [-0.1, -0.05) is 57.2 Å². The molecule has 0 aliphatic rings. The summed E-state index contributed by atoms with van der Waals surface area (Å²) in [6, 6.07) is 15.4. The number of hydrogen-bond acceptors (Lipinski definition) is 1. The zero-order valence-electron chi connectivity index (χ0n) is 13.1. The summed E-state index contributed by atoms with van der Waals surface area (Å²) in [5.41, 5.74) is 9.57. The molecule has 1 unspecified atom stereocenters. The first-order valence-electron chi connectivity index (χ1n) is 7.45. The summed E-state index contributed by atoms with van der Waals surface area (Å²) >= 11 is 0. The fourth-order valence-corrected chi connectivity index (χ4v) is 2.52. The quantitative estimate of drug-likeness (QED) is 0.885. The smallest absolute Gasteiger partial charge is 0.123 e. The van der Waals surface area contributed by atoms with E-state index < -0.39 is 0 Å². The Labute approximate surface area is 127 Å². The molecule has 0 bridgehead atoms. The maximum atomic E-state index is 13.3. The Kier molecular flexibility index (Phi) is 4.79. The van der Waals surface area contributed by atoms with Gasteiger partial charge in [-0.3, -0.25) is 0 Å². The van der Waals surface area contributed by atoms with Crippen LogP contribution in [-0.4, -0.2) is 6.54 Å². The van der Waals surface area contributed by atoms with Crippen molar-refractivity contribution >= 4 is 0 Å². The maximum Gasteiger partial charge on any atom is 0.123 e. The second kappa shape index (κ2) is 6.40. The van der Waals surface area contributed by atoms with E-state index in [2.05, 4.69) is 45.0 Å². The molecule has 0 aliphatic heterocycles. The Morgan fingerprint density at radius 2 is 1.71 bits per heavy atom. The monoisotopic (exact) mass is 285 g/mol. The fourth-order valence-electron chi connectivity index (χ4n) is 2.52. The van der Waals surface area contributed by atoms with Crippen molar-refractivity contribution in [3.63, 3.8) is 0 Å². The van der Waals surface area contributed by atoms with Crippen LogP contribution in [0, 0.1) is 5.82 Å². The van der Waals surface area contributed by atoms with Crippen LogP contribution in [0.15, 0.2) is 48.5 Å². The van der Waals surface area contributed by atoms with Gasteiger partial charge in [0.05, 0.1) is 0 Å². The number of halogens is 1. The Hall–Kier alpha value is -1.67. The van der Waals surface area contributed by atoms with Gasteiger partial charge in [0.25, 0.3) is 0 Å². The van der Waals surface area contributed by atoms with E-state index in [4.69, 9.17) is 5.73 Å². The molecule has 1 atom stereocenters. The SMILES string of the molecule is CC(C)(C)c1ccc(CC(CN)c2cccc(F)c2)cc1. The van der Waals surface area contributed by atoms with E-state index >= 15 is 0 Å². The number of rotatable bonds is 4. The lowest BCUT2D eigenvalue weighted by molar-refractivity contribution is 0.589. The van der Waals surface area contributed by atoms with Crippen molar-refractivity contribution in [2.45, 2.75) is 38.5 Å². The minimum Gasteiger partial charge on any atom is -0.330 e. The van der Waals surface area contributed by atoms with Gasteiger partial charge < -0.3 is 5.73 Å². The van der Waals surface area contributed by atoms with Gasteiger partial charge in [0, 0.05) is 5.92 Å². The van der Waals surface area contributed by atoms with Crippen LogP contribution in [0.25, 0.3) is 0 Å². The van der Waals surface area contributed by atoms with E-state index in [9.17, 15) is 4.39 Å². The van der Waals surface area contributed by atoms with Gasteiger partial charge in [0.2, 0.25) is 0 Å². The third kappa shape index (κ3) is 4.15. The van der Waals surface area contributed by atoms with Crippen molar-refractivity contribution < 1.29 is 4.39 Å². The molecule has 2 aromatic rings. The van der Waals surface area contributed by atoms with Crippen LogP contribution in [0.2, 0.25) is 0 Å². The molecule has 0 radical (unpaired) electrons. The highest BCUT2D eigenvalue weighted by Crippen LogP contribution is 2.25. The van der Waals surface area contributed by atoms with Crippen molar-refractivity contribution in [2.24, 2.45) is 5.73 Å². The van der Waals surface area contributed by atoms with Crippen molar-refractivity contribution in [1.29, 1.82) is 0 Å². The molecule has 1 nitrogen and oxygen atoms in total. The summed E-state index contributed by atoms with van der Waals surface area (Å²) in [5, 5.41) is 0. The van der Waals surface area contributed by atoms with Crippen molar-refractivity contribution in [3.05, 3.63) is 71.0 Å². The topological polar surface area (TPSA) is 26.0 Å². The molecule has 0 saturated heterocycles. The lowest BCUT2D eigenvalue weighted by atomic mass is 9.85. The molecule has 112 valence electrons. The molecular weight excluding hydrogens is 261 g/mol. The highest BCUT2D eigenvalue weighted by Gasteiger charge is 2.15. The summed E-state index contributed by atoms with van der Waals surface area (Å²) in [6.07, 6.45) is 0.838. The van der Waals surface area contributed by atoms with Crippen molar-refractivity contribution in [3.8, 4) is 0 Å². The highest BCUT2D eigenvalue weighted by atomic mass is 19.1. The van der Waals surface area contributed by atoms with Gasteiger partial charge in [-0.2, -0.15) is 0 Å². The predicted octanol–water partition coefficient (Wildman–Crippen LogP) is 4.41. The largest absolute Gasteiger partial charge is 0.330 e. The number of nitrogens with two attached hydrogens (primary N) is 1. The molecule has 0 aliphatic carbocycles. The summed E-state index contributed by atoms with van der Waals surface area (Å²) < 4.78 is 13.3. The van der Waals surface area contributed by atoms with Crippen LogP contribution in [-0.2, 0) is 11.8 Å². The summed E-state index contributed by atoms with van der Waals surface area (Å²) in [6.45, 7) is 7.14. The number of benzene rings is 2. The molecule has 2 aromatic carbocycles. The van der Waals surface area contributed by atoms with E-state index in [1.54, 1.807) is 12.1 Å². The zero-order valence-corrected chi connectivity index (χ0v) is 13.1. The summed E-state index contributed by atoms with van der Waals surface area (Å²) in [7, 11) is 0. The normalized spacial score (nSPS) is 13.2. The van der Waals surface area contributed by atoms with Crippen LogP contribution in [0.3, 0.4) is 0 Å². The van der Waals surface area contributed by atoms with E-state index in [1.165, 1.54) is 17.2 Å². The Morgan fingerprint density at radius 3 is 2.24 bits per heavy atom. The molecular formula is C19H24FN. The third-order valence-corrected chi connectivity index (χ3v) is 3.91. The number of hydrogen-bond donors (Lipinski definition) is 1. The maximum absolute atomic E-state index is 13.3. The van der Waals surface area contributed by atoms with Gasteiger partial charge in [0.1, 0.15) is 5.82 Å². The second-order valence-corrected chi connectivity index (χ2v) is 6.64. The third-order valence-electron chi connectivity index (χ3n) is 3.91. The lowest BCUT2D eigenvalue weighted by Gasteiger charge is -2.20. The van der Waals surface area contributed by atoms with Gasteiger partial charge in [-0.05, 0) is 47.2 Å². The van der Waals surface area contributed by atoms with Gasteiger partial charge in [-0.25, -0.2) is 4.39 Å². The molecule has 2 heteroatoms. The molecule has 0 aromatic heterocycles. The predicted molar refractivity (Wildman–Crippen MR) is 87.0 cm³/mol. The van der Waals surface area contributed by atoms with Gasteiger partial charge >= 0.3 is 0 Å². The van der Waals surface area contributed by atoms with Crippen LogP contribution < -0.4 is 5.73 Å². The zero-order chi connectivity index (χ0) is 15.5. The molecule has 0 saturated carbocycles. The van der Waals surface area contributed by atoms with Gasteiger partial charge in [-0.15, -0.1) is 0 Å². The molecule has 0 heterocycles. The van der Waals surface area contributed by atoms with E-state index in [-0.39, 0.29) is 17.2 Å². The molecule has 0 fully saturated rings. The van der Waals surface area contributed by atoms with Crippen LogP contribution in [0.1, 0.15) is 43.4 Å². The molecule has 0 spiro atoms. The van der Waals surface area contributed by atoms with Crippen molar-refractivity contribution in [1.82, 2.24) is 0 Å². The Bertz CT molecular complexity index is 581. The van der Waals surface area contributed by atoms with E-state index in [0.717, 1.165) is 12.0 Å². The Balaban J connectivity index is 2.15. The molecule has 2 rings (SSSR count). The van der Waals surface area contributed by atoms with Gasteiger partial charge in [0.15, 0.2) is 0 Å². The van der Waals surface area contributed by atoms with E-state index in [1.807, 2.05) is 6.07 Å². The van der Waals surface area contributed by atoms with Crippen LogP contribution in [0.5, 0.6) is 0 Å².